The second-order valence-electron chi connectivity index (χ2n) is 6.52. The van der Waals surface area contributed by atoms with Crippen LogP contribution in [0.2, 0.25) is 10.0 Å². The number of benzene rings is 3. The van der Waals surface area contributed by atoms with Crippen LogP contribution in [0.4, 0.5) is 0 Å². The highest BCUT2D eigenvalue weighted by Gasteiger charge is 2.14. The summed E-state index contributed by atoms with van der Waals surface area (Å²) in [6.45, 7) is 0. The van der Waals surface area contributed by atoms with E-state index in [0.29, 0.717) is 32.5 Å². The Balaban J connectivity index is 1.80. The highest BCUT2D eigenvalue weighted by Crippen LogP contribution is 2.21. The van der Waals surface area contributed by atoms with E-state index in [-0.39, 0.29) is 5.70 Å². The summed E-state index contributed by atoms with van der Waals surface area (Å²) in [6.07, 6.45) is 2.97. The Labute approximate surface area is 195 Å². The summed E-state index contributed by atoms with van der Waals surface area (Å²) in [7, 11) is 1.57. The normalized spacial score (nSPS) is 11.3. The van der Waals surface area contributed by atoms with Crippen LogP contribution >= 0.6 is 23.2 Å². The summed E-state index contributed by atoms with van der Waals surface area (Å²) in [5.74, 6) is -0.344. The summed E-state index contributed by atoms with van der Waals surface area (Å²) in [5, 5.41) is 7.38. The Hall–Kier alpha value is -3.61. The quantitative estimate of drug-likeness (QED) is 0.294. The van der Waals surface area contributed by atoms with E-state index in [9.17, 15) is 9.59 Å². The number of carbonyl (C=O) groups is 2. The molecule has 0 aliphatic rings. The molecule has 32 heavy (non-hydrogen) atoms. The topological polar surface area (TPSA) is 79.8 Å². The average Bonchev–Trinajstić information content (AvgIpc) is 2.82. The smallest absolute Gasteiger partial charge is 0.287 e. The van der Waals surface area contributed by atoms with Crippen LogP contribution in [0, 0.1) is 0 Å². The molecule has 6 nitrogen and oxygen atoms in total. The molecule has 0 heterocycles. The minimum atomic E-state index is -0.596. The van der Waals surface area contributed by atoms with Crippen LogP contribution < -0.4 is 15.5 Å². The SMILES string of the molecule is COc1ccc(C=C(NC(=O)c2ccccc2)C(=O)NN=Cc2ccc(Cl)c(Cl)c2)cc1. The van der Waals surface area contributed by atoms with E-state index in [1.165, 1.54) is 6.21 Å². The first-order valence-corrected chi connectivity index (χ1v) is 10.2. The molecule has 3 aromatic rings. The fourth-order valence-electron chi connectivity index (χ4n) is 2.63. The van der Waals surface area contributed by atoms with Crippen molar-refractivity contribution in [1.29, 1.82) is 0 Å². The minimum Gasteiger partial charge on any atom is -0.497 e. The van der Waals surface area contributed by atoms with Crippen LogP contribution in [-0.2, 0) is 4.79 Å². The van der Waals surface area contributed by atoms with Crippen molar-refractivity contribution in [3.63, 3.8) is 0 Å². The fraction of sp³-hybridized carbons (Fsp3) is 0.0417. The van der Waals surface area contributed by atoms with Crippen molar-refractivity contribution < 1.29 is 14.3 Å². The molecule has 0 aliphatic heterocycles. The number of methoxy groups -OCH3 is 1. The van der Waals surface area contributed by atoms with Gasteiger partial charge in [0.15, 0.2) is 0 Å². The molecule has 8 heteroatoms. The molecule has 3 aromatic carbocycles. The third-order valence-electron chi connectivity index (χ3n) is 4.28. The van der Waals surface area contributed by atoms with Gasteiger partial charge in [-0.3, -0.25) is 9.59 Å². The number of halogens is 2. The van der Waals surface area contributed by atoms with Crippen LogP contribution in [0.1, 0.15) is 21.5 Å². The molecule has 0 aromatic heterocycles. The zero-order valence-electron chi connectivity index (χ0n) is 17.0. The van der Waals surface area contributed by atoms with Crippen molar-refractivity contribution >= 4 is 47.3 Å². The largest absolute Gasteiger partial charge is 0.497 e. The molecular formula is C24H19Cl2N3O3. The molecule has 0 radical (unpaired) electrons. The Morgan fingerprint density at radius 2 is 1.59 bits per heavy atom. The van der Waals surface area contributed by atoms with Crippen molar-refractivity contribution in [2.45, 2.75) is 0 Å². The summed E-state index contributed by atoms with van der Waals surface area (Å²) in [6, 6.07) is 20.6. The first-order chi connectivity index (χ1) is 15.5. The average molecular weight is 468 g/mol. The van der Waals surface area contributed by atoms with E-state index in [4.69, 9.17) is 27.9 Å². The molecule has 0 aliphatic carbocycles. The molecule has 0 spiro atoms. The number of nitrogens with zero attached hydrogens (tertiary/aromatic N) is 1. The van der Waals surface area contributed by atoms with Gasteiger partial charge in [0.05, 0.1) is 23.4 Å². The van der Waals surface area contributed by atoms with Gasteiger partial charge < -0.3 is 10.1 Å². The zero-order chi connectivity index (χ0) is 22.9. The van der Waals surface area contributed by atoms with Gasteiger partial charge >= 0.3 is 0 Å². The lowest BCUT2D eigenvalue weighted by Gasteiger charge is -2.09. The van der Waals surface area contributed by atoms with Crippen molar-refractivity contribution in [3.05, 3.63) is 105 Å². The predicted molar refractivity (Wildman–Crippen MR) is 127 cm³/mol. The molecular weight excluding hydrogens is 449 g/mol. The van der Waals surface area contributed by atoms with Crippen LogP contribution in [0.25, 0.3) is 6.08 Å². The molecule has 0 unspecified atom stereocenters. The Bertz CT molecular complexity index is 1160. The van der Waals surface area contributed by atoms with Gasteiger partial charge in [-0.1, -0.05) is 59.6 Å². The molecule has 162 valence electrons. The Morgan fingerprint density at radius 1 is 0.906 bits per heavy atom. The predicted octanol–water partition coefficient (Wildman–Crippen LogP) is 4.92. The molecule has 0 fully saturated rings. The fourth-order valence-corrected chi connectivity index (χ4v) is 2.93. The van der Waals surface area contributed by atoms with E-state index in [0.717, 1.165) is 0 Å². The van der Waals surface area contributed by atoms with Gasteiger partial charge in [0.2, 0.25) is 0 Å². The van der Waals surface area contributed by atoms with E-state index in [1.54, 1.807) is 86.0 Å². The lowest BCUT2D eigenvalue weighted by molar-refractivity contribution is -0.117. The van der Waals surface area contributed by atoms with Gasteiger partial charge in [-0.15, -0.1) is 0 Å². The first-order valence-electron chi connectivity index (χ1n) is 9.47. The Kier molecular flexibility index (Phi) is 8.02. The van der Waals surface area contributed by atoms with E-state index < -0.39 is 11.8 Å². The van der Waals surface area contributed by atoms with Crippen LogP contribution in [-0.4, -0.2) is 25.1 Å². The number of hydrogen-bond donors (Lipinski definition) is 2. The van der Waals surface area contributed by atoms with Crippen molar-refractivity contribution in [3.8, 4) is 5.75 Å². The lowest BCUT2D eigenvalue weighted by atomic mass is 10.1. The summed E-state index contributed by atoms with van der Waals surface area (Å²) in [5.41, 5.74) is 4.19. The van der Waals surface area contributed by atoms with E-state index >= 15 is 0 Å². The molecule has 2 amide bonds. The second-order valence-corrected chi connectivity index (χ2v) is 7.34. The van der Waals surface area contributed by atoms with Gasteiger partial charge in [0.25, 0.3) is 11.8 Å². The number of hydrazone groups is 1. The molecule has 3 rings (SSSR count). The maximum atomic E-state index is 12.8. The minimum absolute atomic E-state index is 0.0234. The number of ether oxygens (including phenoxy) is 1. The Morgan fingerprint density at radius 3 is 2.25 bits per heavy atom. The van der Waals surface area contributed by atoms with Gasteiger partial charge in [-0.25, -0.2) is 5.43 Å². The van der Waals surface area contributed by atoms with E-state index in [2.05, 4.69) is 15.8 Å². The number of amides is 2. The third-order valence-corrected chi connectivity index (χ3v) is 5.02. The van der Waals surface area contributed by atoms with Gasteiger partial charge in [-0.2, -0.15) is 5.10 Å². The number of rotatable bonds is 7. The van der Waals surface area contributed by atoms with Gasteiger partial charge in [0.1, 0.15) is 11.4 Å². The molecule has 0 bridgehead atoms. The van der Waals surface area contributed by atoms with Gasteiger partial charge in [-0.05, 0) is 53.6 Å². The van der Waals surface area contributed by atoms with Gasteiger partial charge in [0, 0.05) is 5.56 Å². The lowest BCUT2D eigenvalue weighted by Crippen LogP contribution is -2.32. The maximum absolute atomic E-state index is 12.8. The summed E-state index contributed by atoms with van der Waals surface area (Å²) >= 11 is 11.9. The van der Waals surface area contributed by atoms with Crippen LogP contribution in [0.15, 0.2) is 83.6 Å². The number of hydrogen-bond acceptors (Lipinski definition) is 4. The number of carbonyl (C=O) groups excluding carboxylic acids is 2. The van der Waals surface area contributed by atoms with E-state index in [1.807, 2.05) is 0 Å². The van der Waals surface area contributed by atoms with Crippen LogP contribution in [0.5, 0.6) is 5.75 Å². The zero-order valence-corrected chi connectivity index (χ0v) is 18.5. The highest BCUT2D eigenvalue weighted by molar-refractivity contribution is 6.42. The monoisotopic (exact) mass is 467 g/mol. The standard InChI is InChI=1S/C24H19Cl2N3O3/c1-32-19-10-7-16(8-11-19)14-22(28-23(30)18-5-3-2-4-6-18)24(31)29-27-15-17-9-12-20(25)21(26)13-17/h2-15H,1H3,(H,28,30)(H,29,31). The third kappa shape index (κ3) is 6.44. The second kappa shape index (κ2) is 11.1. The van der Waals surface area contributed by atoms with Crippen molar-refractivity contribution in [1.82, 2.24) is 10.7 Å². The molecule has 0 saturated carbocycles. The molecule has 0 atom stereocenters. The highest BCUT2D eigenvalue weighted by atomic mass is 35.5. The summed E-state index contributed by atoms with van der Waals surface area (Å²) in [4.78, 5) is 25.4. The molecule has 2 N–H and O–H groups in total. The number of nitrogens with one attached hydrogen (secondary N) is 2. The summed E-state index contributed by atoms with van der Waals surface area (Å²) < 4.78 is 5.15. The molecule has 0 saturated heterocycles. The van der Waals surface area contributed by atoms with Crippen molar-refractivity contribution in [2.24, 2.45) is 5.10 Å². The van der Waals surface area contributed by atoms with Crippen molar-refractivity contribution in [2.75, 3.05) is 7.11 Å². The first kappa shape index (κ1) is 23.1. The van der Waals surface area contributed by atoms with Crippen LogP contribution in [0.3, 0.4) is 0 Å². The maximum Gasteiger partial charge on any atom is 0.287 e.